The van der Waals surface area contributed by atoms with Crippen LogP contribution >= 0.6 is 0 Å². The highest BCUT2D eigenvalue weighted by Crippen LogP contribution is 2.35. The van der Waals surface area contributed by atoms with E-state index in [2.05, 4.69) is 4.72 Å². The predicted molar refractivity (Wildman–Crippen MR) is 58.6 cm³/mol. The largest absolute Gasteiger partial charge is 0.228 e. The summed E-state index contributed by atoms with van der Waals surface area (Å²) in [6.45, 7) is 3.70. The second kappa shape index (κ2) is 4.50. The van der Waals surface area contributed by atoms with Gasteiger partial charge in [0.05, 0.1) is 6.07 Å². The number of nitrogens with zero attached hydrogens (tertiary/aromatic N) is 1. The van der Waals surface area contributed by atoms with Gasteiger partial charge in [-0.1, -0.05) is 13.8 Å². The lowest BCUT2D eigenvalue weighted by Crippen LogP contribution is -2.54. The Morgan fingerprint density at radius 1 is 1.47 bits per heavy atom. The molecule has 15 heavy (non-hydrogen) atoms. The fraction of sp³-hybridized carbons (Fsp3) is 0.900. The smallest absolute Gasteiger partial charge is 0.211 e. The van der Waals surface area contributed by atoms with Crippen LogP contribution in [0.2, 0.25) is 0 Å². The average molecular weight is 230 g/mol. The minimum Gasteiger partial charge on any atom is -0.211 e. The van der Waals surface area contributed by atoms with Crippen LogP contribution in [0.25, 0.3) is 0 Å². The van der Waals surface area contributed by atoms with E-state index in [1.165, 1.54) is 0 Å². The summed E-state index contributed by atoms with van der Waals surface area (Å²) in [6.07, 6.45) is 3.99. The van der Waals surface area contributed by atoms with Crippen molar-refractivity contribution in [3.8, 4) is 6.07 Å². The second-order valence-electron chi connectivity index (χ2n) is 4.16. The monoisotopic (exact) mass is 230 g/mol. The highest BCUT2D eigenvalue weighted by molar-refractivity contribution is 7.90. The Balaban J connectivity index is 2.76. The number of hydrogen-bond donors (Lipinski definition) is 1. The van der Waals surface area contributed by atoms with Crippen LogP contribution in [0.15, 0.2) is 0 Å². The van der Waals surface area contributed by atoms with E-state index in [-0.39, 0.29) is 5.54 Å². The Morgan fingerprint density at radius 2 is 2.07 bits per heavy atom. The van der Waals surface area contributed by atoms with Crippen LogP contribution in [0.3, 0.4) is 0 Å². The van der Waals surface area contributed by atoms with E-state index < -0.39 is 15.3 Å². The Bertz CT molecular complexity index is 347. The molecule has 0 spiro atoms. The fourth-order valence-corrected chi connectivity index (χ4v) is 3.56. The molecule has 1 aliphatic carbocycles. The standard InChI is InChI=1S/C10H18N2O2S/c1-3-9(8-11)15(13,14)12-10(4-2)6-5-7-10/h9,12H,3-7H2,1-2H3. The lowest BCUT2D eigenvalue weighted by Gasteiger charge is -2.41. The van der Waals surface area contributed by atoms with Gasteiger partial charge in [0.15, 0.2) is 5.25 Å². The molecule has 1 unspecified atom stereocenters. The van der Waals surface area contributed by atoms with Crippen LogP contribution in [0.4, 0.5) is 0 Å². The number of nitrogens with one attached hydrogen (secondary N) is 1. The van der Waals surface area contributed by atoms with Crippen molar-refractivity contribution in [1.82, 2.24) is 4.72 Å². The maximum absolute atomic E-state index is 11.8. The molecule has 86 valence electrons. The SMILES string of the molecule is CCC(C#N)S(=O)(=O)NC1(CC)CCC1. The molecule has 1 fully saturated rings. The third-order valence-electron chi connectivity index (χ3n) is 3.24. The molecule has 0 saturated heterocycles. The average Bonchev–Trinajstić information content (AvgIpc) is 2.13. The van der Waals surface area contributed by atoms with Gasteiger partial charge in [0.2, 0.25) is 10.0 Å². The van der Waals surface area contributed by atoms with Crippen molar-refractivity contribution in [2.24, 2.45) is 0 Å². The van der Waals surface area contributed by atoms with Crippen molar-refractivity contribution in [2.45, 2.75) is 56.7 Å². The van der Waals surface area contributed by atoms with Crippen molar-refractivity contribution in [3.05, 3.63) is 0 Å². The van der Waals surface area contributed by atoms with Gasteiger partial charge in [-0.2, -0.15) is 5.26 Å². The highest BCUT2D eigenvalue weighted by Gasteiger charge is 2.40. The quantitative estimate of drug-likeness (QED) is 0.778. The first-order valence-corrected chi connectivity index (χ1v) is 6.96. The summed E-state index contributed by atoms with van der Waals surface area (Å²) in [7, 11) is -3.46. The van der Waals surface area contributed by atoms with E-state index in [1.807, 2.05) is 13.0 Å². The van der Waals surface area contributed by atoms with Crippen LogP contribution in [-0.4, -0.2) is 19.2 Å². The fourth-order valence-electron chi connectivity index (χ4n) is 1.88. The van der Waals surface area contributed by atoms with E-state index in [0.29, 0.717) is 6.42 Å². The van der Waals surface area contributed by atoms with Gasteiger partial charge in [-0.3, -0.25) is 0 Å². The van der Waals surface area contributed by atoms with Crippen LogP contribution in [0, 0.1) is 11.3 Å². The zero-order valence-electron chi connectivity index (χ0n) is 9.28. The molecule has 0 bridgehead atoms. The second-order valence-corrected chi connectivity index (χ2v) is 6.02. The topological polar surface area (TPSA) is 70.0 Å². The third-order valence-corrected chi connectivity index (χ3v) is 5.14. The predicted octanol–water partition coefficient (Wildman–Crippen LogP) is 1.54. The first-order chi connectivity index (χ1) is 6.99. The maximum atomic E-state index is 11.8. The molecule has 0 aromatic rings. The number of hydrogen-bond acceptors (Lipinski definition) is 3. The summed E-state index contributed by atoms with van der Waals surface area (Å²) < 4.78 is 26.4. The van der Waals surface area contributed by atoms with E-state index in [0.717, 1.165) is 25.7 Å². The number of nitriles is 1. The molecule has 5 heteroatoms. The maximum Gasteiger partial charge on any atom is 0.228 e. The van der Waals surface area contributed by atoms with Gasteiger partial charge in [-0.05, 0) is 32.1 Å². The van der Waals surface area contributed by atoms with Crippen LogP contribution in [0.5, 0.6) is 0 Å². The zero-order valence-corrected chi connectivity index (χ0v) is 10.1. The van der Waals surface area contributed by atoms with E-state index >= 15 is 0 Å². The highest BCUT2D eigenvalue weighted by atomic mass is 32.2. The van der Waals surface area contributed by atoms with Gasteiger partial charge in [-0.25, -0.2) is 13.1 Å². The normalized spacial score (nSPS) is 21.4. The molecule has 1 N–H and O–H groups in total. The van der Waals surface area contributed by atoms with Gasteiger partial charge in [-0.15, -0.1) is 0 Å². The van der Waals surface area contributed by atoms with Crippen molar-refractivity contribution in [2.75, 3.05) is 0 Å². The van der Waals surface area contributed by atoms with E-state index in [9.17, 15) is 8.42 Å². The molecule has 0 aliphatic heterocycles. The summed E-state index contributed by atoms with van der Waals surface area (Å²) in [5, 5.41) is 7.84. The van der Waals surface area contributed by atoms with Crippen molar-refractivity contribution in [1.29, 1.82) is 5.26 Å². The van der Waals surface area contributed by atoms with E-state index in [4.69, 9.17) is 5.26 Å². The molecule has 0 amide bonds. The number of rotatable bonds is 5. The van der Waals surface area contributed by atoms with Gasteiger partial charge in [0.1, 0.15) is 0 Å². The Hall–Kier alpha value is -0.600. The molecular formula is C10H18N2O2S. The molecule has 0 heterocycles. The first-order valence-electron chi connectivity index (χ1n) is 5.42. The van der Waals surface area contributed by atoms with Crippen LogP contribution < -0.4 is 4.72 Å². The Labute approximate surface area is 91.7 Å². The van der Waals surface area contributed by atoms with Crippen LogP contribution in [0.1, 0.15) is 46.0 Å². The van der Waals surface area contributed by atoms with Gasteiger partial charge in [0, 0.05) is 5.54 Å². The first kappa shape index (κ1) is 12.5. The zero-order chi connectivity index (χ0) is 11.5. The summed E-state index contributed by atoms with van der Waals surface area (Å²) in [6, 6.07) is 1.84. The van der Waals surface area contributed by atoms with Gasteiger partial charge >= 0.3 is 0 Å². The summed E-state index contributed by atoms with van der Waals surface area (Å²) in [5.74, 6) is 0. The minimum absolute atomic E-state index is 0.261. The number of sulfonamides is 1. The summed E-state index contributed by atoms with van der Waals surface area (Å²) in [5.41, 5.74) is -0.261. The Morgan fingerprint density at radius 3 is 2.33 bits per heavy atom. The van der Waals surface area contributed by atoms with Gasteiger partial charge < -0.3 is 0 Å². The lowest BCUT2D eigenvalue weighted by atomic mass is 9.76. The van der Waals surface area contributed by atoms with Crippen molar-refractivity contribution < 1.29 is 8.42 Å². The van der Waals surface area contributed by atoms with Crippen molar-refractivity contribution >= 4 is 10.0 Å². The molecule has 1 saturated carbocycles. The summed E-state index contributed by atoms with van der Waals surface area (Å²) >= 11 is 0. The molecular weight excluding hydrogens is 212 g/mol. The van der Waals surface area contributed by atoms with Crippen LogP contribution in [-0.2, 0) is 10.0 Å². The summed E-state index contributed by atoms with van der Waals surface area (Å²) in [4.78, 5) is 0. The molecule has 0 radical (unpaired) electrons. The Kier molecular flexibility index (Phi) is 3.74. The van der Waals surface area contributed by atoms with Crippen molar-refractivity contribution in [3.63, 3.8) is 0 Å². The third kappa shape index (κ3) is 2.50. The van der Waals surface area contributed by atoms with E-state index in [1.54, 1.807) is 6.92 Å². The molecule has 0 aromatic carbocycles. The molecule has 1 aliphatic rings. The molecule has 0 aromatic heterocycles. The molecule has 4 nitrogen and oxygen atoms in total. The van der Waals surface area contributed by atoms with Gasteiger partial charge in [0.25, 0.3) is 0 Å². The minimum atomic E-state index is -3.46. The molecule has 1 atom stereocenters. The molecule has 1 rings (SSSR count). The lowest BCUT2D eigenvalue weighted by molar-refractivity contribution is 0.213.